The van der Waals surface area contributed by atoms with Crippen molar-refractivity contribution in [3.63, 3.8) is 0 Å². The quantitative estimate of drug-likeness (QED) is 0.419. The Hall–Kier alpha value is -3.38. The molecule has 158 valence electrons. The first-order valence-electron chi connectivity index (χ1n) is 10.6. The predicted octanol–water partition coefficient (Wildman–Crippen LogP) is 5.08. The van der Waals surface area contributed by atoms with Crippen LogP contribution in [-0.4, -0.2) is 36.3 Å². The minimum atomic E-state index is 0.188. The van der Waals surface area contributed by atoms with Gasteiger partial charge in [0.15, 0.2) is 5.82 Å². The molecule has 6 heteroatoms. The number of anilines is 1. The minimum absolute atomic E-state index is 0.188. The van der Waals surface area contributed by atoms with E-state index in [1.54, 1.807) is 13.4 Å². The largest absolute Gasteiger partial charge is 0.497 e. The molecule has 0 radical (unpaired) electrons. The van der Waals surface area contributed by atoms with Gasteiger partial charge in [-0.15, -0.1) is 0 Å². The predicted molar refractivity (Wildman–Crippen MR) is 120 cm³/mol. The van der Waals surface area contributed by atoms with E-state index in [0.29, 0.717) is 12.4 Å². The minimum Gasteiger partial charge on any atom is -0.497 e. The molecule has 0 spiro atoms. The lowest BCUT2D eigenvalue weighted by molar-refractivity contribution is 0.115. The number of methoxy groups -OCH3 is 1. The Bertz CT molecular complexity index is 1140. The zero-order valence-corrected chi connectivity index (χ0v) is 17.5. The topological polar surface area (TPSA) is 60.6 Å². The van der Waals surface area contributed by atoms with Gasteiger partial charge in [-0.1, -0.05) is 12.1 Å². The normalized spacial score (nSPS) is 16.0. The molecule has 1 aliphatic heterocycles. The highest BCUT2D eigenvalue weighted by Crippen LogP contribution is 2.30. The van der Waals surface area contributed by atoms with Crippen LogP contribution in [-0.2, 0) is 11.3 Å². The van der Waals surface area contributed by atoms with Crippen LogP contribution in [0.25, 0.3) is 22.3 Å². The van der Waals surface area contributed by atoms with Crippen LogP contribution >= 0.6 is 0 Å². The van der Waals surface area contributed by atoms with Crippen molar-refractivity contribution in [3.05, 3.63) is 72.7 Å². The smallest absolute Gasteiger partial charge is 0.162 e. The van der Waals surface area contributed by atoms with Gasteiger partial charge in [0.2, 0.25) is 0 Å². The third-order valence-electron chi connectivity index (χ3n) is 5.61. The number of ether oxygens (including phenoxy) is 2. The van der Waals surface area contributed by atoms with Gasteiger partial charge >= 0.3 is 0 Å². The summed E-state index contributed by atoms with van der Waals surface area (Å²) in [6.07, 6.45) is 4.05. The van der Waals surface area contributed by atoms with Crippen LogP contribution in [0.1, 0.15) is 18.6 Å². The van der Waals surface area contributed by atoms with Crippen LogP contribution in [0, 0.1) is 0 Å². The van der Waals surface area contributed by atoms with Gasteiger partial charge in [0, 0.05) is 24.1 Å². The van der Waals surface area contributed by atoms with Gasteiger partial charge in [-0.3, -0.25) is 0 Å². The van der Waals surface area contributed by atoms with Crippen molar-refractivity contribution in [1.29, 1.82) is 0 Å². The summed E-state index contributed by atoms with van der Waals surface area (Å²) < 4.78 is 16.9. The maximum atomic E-state index is 5.95. The van der Waals surface area contributed by atoms with Crippen LogP contribution in [0.5, 0.6) is 5.75 Å². The number of para-hydroxylation sites is 1. The Balaban J connectivity index is 1.60. The Morgan fingerprint density at radius 1 is 1.03 bits per heavy atom. The van der Waals surface area contributed by atoms with Crippen molar-refractivity contribution in [2.75, 3.05) is 25.2 Å². The number of fused-ring (bicyclic) bond motifs is 1. The second-order valence-electron chi connectivity index (χ2n) is 7.71. The van der Waals surface area contributed by atoms with E-state index in [9.17, 15) is 0 Å². The van der Waals surface area contributed by atoms with E-state index in [0.717, 1.165) is 59.8 Å². The molecule has 0 bridgehead atoms. The van der Waals surface area contributed by atoms with Gasteiger partial charge in [0.1, 0.15) is 17.3 Å². The molecule has 0 aliphatic carbocycles. The van der Waals surface area contributed by atoms with E-state index < -0.39 is 0 Å². The van der Waals surface area contributed by atoms with Gasteiger partial charge in [-0.25, -0.2) is 9.97 Å². The summed E-state index contributed by atoms with van der Waals surface area (Å²) in [5.41, 5.74) is 1.86. The molecule has 5 rings (SSSR count). The molecule has 1 aliphatic rings. The molecule has 2 aromatic heterocycles. The SMILES string of the molecule is COc1ccc(-c2nc(N(Cc3ccco3)CC3CCCO3)c3ccccc3n2)cc1. The monoisotopic (exact) mass is 415 g/mol. The summed E-state index contributed by atoms with van der Waals surface area (Å²) in [6.45, 7) is 2.19. The van der Waals surface area contributed by atoms with Gasteiger partial charge < -0.3 is 18.8 Å². The first-order valence-corrected chi connectivity index (χ1v) is 10.6. The Labute approximate surface area is 181 Å². The van der Waals surface area contributed by atoms with Crippen LogP contribution < -0.4 is 9.64 Å². The molecule has 1 saturated heterocycles. The zero-order chi connectivity index (χ0) is 21.0. The first kappa shape index (κ1) is 19.6. The van der Waals surface area contributed by atoms with Gasteiger partial charge in [0.25, 0.3) is 0 Å². The van der Waals surface area contributed by atoms with E-state index >= 15 is 0 Å². The summed E-state index contributed by atoms with van der Waals surface area (Å²) in [5.74, 6) is 3.28. The van der Waals surface area contributed by atoms with Crippen molar-refractivity contribution in [1.82, 2.24) is 9.97 Å². The Morgan fingerprint density at radius 2 is 1.90 bits per heavy atom. The fourth-order valence-corrected chi connectivity index (χ4v) is 4.02. The van der Waals surface area contributed by atoms with Crippen molar-refractivity contribution in [2.24, 2.45) is 0 Å². The summed E-state index contributed by atoms with van der Waals surface area (Å²) in [7, 11) is 1.66. The molecule has 2 aromatic carbocycles. The highest BCUT2D eigenvalue weighted by atomic mass is 16.5. The van der Waals surface area contributed by atoms with Gasteiger partial charge in [-0.05, 0) is 61.4 Å². The lowest BCUT2D eigenvalue weighted by atomic mass is 10.1. The number of benzene rings is 2. The van der Waals surface area contributed by atoms with Crippen molar-refractivity contribution < 1.29 is 13.9 Å². The molecule has 31 heavy (non-hydrogen) atoms. The first-order chi connectivity index (χ1) is 15.3. The lowest BCUT2D eigenvalue weighted by Crippen LogP contribution is -2.32. The maximum absolute atomic E-state index is 5.95. The van der Waals surface area contributed by atoms with E-state index in [2.05, 4.69) is 11.0 Å². The Kier molecular flexibility index (Phi) is 5.54. The summed E-state index contributed by atoms with van der Waals surface area (Å²) in [6, 6.07) is 19.9. The molecular weight excluding hydrogens is 390 g/mol. The summed E-state index contributed by atoms with van der Waals surface area (Å²) in [4.78, 5) is 12.1. The standard InChI is InChI=1S/C25H25N3O3/c1-29-19-12-10-18(11-13-19)24-26-23-9-3-2-8-22(23)25(27-24)28(16-20-6-4-14-30-20)17-21-7-5-15-31-21/h2-4,6,8-14,21H,5,7,15-17H2,1H3. The number of furan rings is 1. The summed E-state index contributed by atoms with van der Waals surface area (Å²) >= 11 is 0. The molecule has 1 unspecified atom stereocenters. The van der Waals surface area contributed by atoms with Crippen molar-refractivity contribution in [3.8, 4) is 17.1 Å². The second-order valence-corrected chi connectivity index (χ2v) is 7.71. The zero-order valence-electron chi connectivity index (χ0n) is 17.5. The Morgan fingerprint density at radius 3 is 2.65 bits per heavy atom. The van der Waals surface area contributed by atoms with Crippen LogP contribution in [0.4, 0.5) is 5.82 Å². The molecule has 3 heterocycles. The average Bonchev–Trinajstić information content (AvgIpc) is 3.52. The second kappa shape index (κ2) is 8.78. The molecule has 1 atom stereocenters. The number of aromatic nitrogens is 2. The molecule has 6 nitrogen and oxygen atoms in total. The highest BCUT2D eigenvalue weighted by molar-refractivity contribution is 5.91. The van der Waals surface area contributed by atoms with Crippen molar-refractivity contribution in [2.45, 2.75) is 25.5 Å². The molecule has 0 saturated carbocycles. The molecule has 0 amide bonds. The van der Waals surface area contributed by atoms with Crippen molar-refractivity contribution >= 4 is 16.7 Å². The molecule has 0 N–H and O–H groups in total. The number of hydrogen-bond acceptors (Lipinski definition) is 6. The number of rotatable bonds is 7. The van der Waals surface area contributed by atoms with E-state index in [4.69, 9.17) is 23.9 Å². The van der Waals surface area contributed by atoms with E-state index in [-0.39, 0.29) is 6.10 Å². The molecule has 1 fully saturated rings. The van der Waals surface area contributed by atoms with E-state index in [1.807, 2.05) is 54.6 Å². The number of hydrogen-bond donors (Lipinski definition) is 0. The third-order valence-corrected chi connectivity index (χ3v) is 5.61. The maximum Gasteiger partial charge on any atom is 0.162 e. The van der Waals surface area contributed by atoms with Crippen LogP contribution in [0.15, 0.2) is 71.3 Å². The van der Waals surface area contributed by atoms with E-state index in [1.165, 1.54) is 0 Å². The fourth-order valence-electron chi connectivity index (χ4n) is 4.02. The summed E-state index contributed by atoms with van der Waals surface area (Å²) in [5, 5.41) is 1.02. The van der Waals surface area contributed by atoms with Crippen LogP contribution in [0.3, 0.4) is 0 Å². The molecule has 4 aromatic rings. The third kappa shape index (κ3) is 4.25. The fraction of sp³-hybridized carbons (Fsp3) is 0.280. The molecular formula is C25H25N3O3. The average molecular weight is 415 g/mol. The van der Waals surface area contributed by atoms with Gasteiger partial charge in [0.05, 0.1) is 31.5 Å². The number of nitrogens with zero attached hydrogens (tertiary/aromatic N) is 3. The van der Waals surface area contributed by atoms with Gasteiger partial charge in [-0.2, -0.15) is 0 Å². The lowest BCUT2D eigenvalue weighted by Gasteiger charge is -2.27. The highest BCUT2D eigenvalue weighted by Gasteiger charge is 2.23. The van der Waals surface area contributed by atoms with Crippen LogP contribution in [0.2, 0.25) is 0 Å².